The summed E-state index contributed by atoms with van der Waals surface area (Å²) in [7, 11) is 1.57. The van der Waals surface area contributed by atoms with Gasteiger partial charge >= 0.3 is 5.97 Å². The molecule has 1 saturated carbocycles. The molecular formula is C14H21N3O4. The molecular weight excluding hydrogens is 274 g/mol. The summed E-state index contributed by atoms with van der Waals surface area (Å²) in [5.74, 6) is -0.399. The summed E-state index contributed by atoms with van der Waals surface area (Å²) in [4.78, 5) is 19.1. The van der Waals surface area contributed by atoms with Crippen LogP contribution in [-0.2, 0) is 4.74 Å². The fourth-order valence-electron chi connectivity index (χ4n) is 2.34. The van der Waals surface area contributed by atoms with Crippen LogP contribution in [0.5, 0.6) is 5.88 Å². The number of rotatable bonds is 7. The molecule has 0 radical (unpaired) electrons. The van der Waals surface area contributed by atoms with Crippen LogP contribution in [0.15, 0.2) is 6.20 Å². The summed E-state index contributed by atoms with van der Waals surface area (Å²) in [6.45, 7) is 0.704. The normalized spacial score (nSPS) is 15.7. The third-order valence-corrected chi connectivity index (χ3v) is 3.43. The van der Waals surface area contributed by atoms with E-state index in [0.29, 0.717) is 25.1 Å². The molecule has 0 aromatic carbocycles. The van der Waals surface area contributed by atoms with Gasteiger partial charge in [-0.05, 0) is 12.8 Å². The lowest BCUT2D eigenvalue weighted by atomic mass is 9.95. The number of carbonyl (C=O) groups is 1. The second-order valence-corrected chi connectivity index (χ2v) is 5.03. The van der Waals surface area contributed by atoms with Crippen LogP contribution in [-0.4, -0.2) is 47.4 Å². The summed E-state index contributed by atoms with van der Waals surface area (Å²) < 4.78 is 10.4. The minimum Gasteiger partial charge on any atom is -0.476 e. The van der Waals surface area contributed by atoms with Gasteiger partial charge in [-0.15, -0.1) is 0 Å². The molecule has 1 aliphatic carbocycles. The van der Waals surface area contributed by atoms with Crippen LogP contribution < -0.4 is 10.1 Å². The van der Waals surface area contributed by atoms with Crippen LogP contribution in [0.2, 0.25) is 0 Å². The van der Waals surface area contributed by atoms with E-state index in [9.17, 15) is 4.79 Å². The zero-order valence-electron chi connectivity index (χ0n) is 12.2. The highest BCUT2D eigenvalue weighted by atomic mass is 16.5. The monoisotopic (exact) mass is 295 g/mol. The number of hydrogen-bond acceptors (Lipinski definition) is 6. The van der Waals surface area contributed by atoms with E-state index in [1.54, 1.807) is 7.11 Å². The summed E-state index contributed by atoms with van der Waals surface area (Å²) in [5.41, 5.74) is -0.128. The number of aromatic nitrogens is 2. The van der Waals surface area contributed by atoms with Crippen molar-refractivity contribution in [2.45, 2.75) is 38.1 Å². The Morgan fingerprint density at radius 1 is 1.38 bits per heavy atom. The first-order valence-electron chi connectivity index (χ1n) is 7.19. The van der Waals surface area contributed by atoms with Gasteiger partial charge in [0.2, 0.25) is 0 Å². The predicted molar refractivity (Wildman–Crippen MR) is 76.9 cm³/mol. The molecule has 0 saturated heterocycles. The molecule has 1 aromatic heterocycles. The molecule has 7 nitrogen and oxygen atoms in total. The molecule has 1 heterocycles. The fourth-order valence-corrected chi connectivity index (χ4v) is 2.34. The van der Waals surface area contributed by atoms with Crippen LogP contribution in [0.4, 0.5) is 5.82 Å². The zero-order valence-corrected chi connectivity index (χ0v) is 12.2. The zero-order chi connectivity index (χ0) is 15.1. The number of carboxylic acid groups (broad SMARTS) is 1. The number of methoxy groups -OCH3 is 1. The molecule has 116 valence electrons. The maximum atomic E-state index is 11.0. The van der Waals surface area contributed by atoms with E-state index in [2.05, 4.69) is 15.3 Å². The highest BCUT2D eigenvalue weighted by Crippen LogP contribution is 2.25. The number of aromatic carboxylic acids is 1. The Labute approximate surface area is 123 Å². The summed E-state index contributed by atoms with van der Waals surface area (Å²) in [6.07, 6.45) is 7.06. The van der Waals surface area contributed by atoms with Crippen LogP contribution in [0.25, 0.3) is 0 Å². The highest BCUT2D eigenvalue weighted by Gasteiger charge is 2.18. The Morgan fingerprint density at radius 3 is 2.81 bits per heavy atom. The van der Waals surface area contributed by atoms with E-state index in [1.807, 2.05) is 0 Å². The second-order valence-electron chi connectivity index (χ2n) is 5.03. The van der Waals surface area contributed by atoms with Crippen molar-refractivity contribution in [3.8, 4) is 5.88 Å². The van der Waals surface area contributed by atoms with E-state index in [-0.39, 0.29) is 11.6 Å². The van der Waals surface area contributed by atoms with Gasteiger partial charge < -0.3 is 19.9 Å². The standard InChI is InChI=1S/C14H21N3O4/c1-20-7-8-21-13-12(15-9-11(17-13)14(18)19)16-10-5-3-2-4-6-10/h9-10H,2-8H2,1H3,(H,15,16)(H,18,19). The first-order valence-corrected chi connectivity index (χ1v) is 7.19. The topological polar surface area (TPSA) is 93.6 Å². The third-order valence-electron chi connectivity index (χ3n) is 3.43. The smallest absolute Gasteiger partial charge is 0.356 e. The van der Waals surface area contributed by atoms with Gasteiger partial charge in [0.1, 0.15) is 6.61 Å². The number of nitrogens with zero attached hydrogens (tertiary/aromatic N) is 2. The van der Waals surface area contributed by atoms with Gasteiger partial charge in [-0.25, -0.2) is 14.8 Å². The Balaban J connectivity index is 2.10. The molecule has 2 rings (SSSR count). The molecule has 7 heteroatoms. The van der Waals surface area contributed by atoms with Crippen molar-refractivity contribution < 1.29 is 19.4 Å². The van der Waals surface area contributed by atoms with E-state index in [4.69, 9.17) is 14.6 Å². The molecule has 1 aromatic rings. The molecule has 1 aliphatic rings. The van der Waals surface area contributed by atoms with Crippen LogP contribution in [0.1, 0.15) is 42.6 Å². The lowest BCUT2D eigenvalue weighted by molar-refractivity contribution is 0.0688. The van der Waals surface area contributed by atoms with Crippen molar-refractivity contribution in [3.05, 3.63) is 11.9 Å². The van der Waals surface area contributed by atoms with E-state index < -0.39 is 5.97 Å². The van der Waals surface area contributed by atoms with Crippen LogP contribution in [0.3, 0.4) is 0 Å². The lowest BCUT2D eigenvalue weighted by Gasteiger charge is -2.24. The fraction of sp³-hybridized carbons (Fsp3) is 0.643. The van der Waals surface area contributed by atoms with Gasteiger partial charge in [-0.2, -0.15) is 0 Å². The van der Waals surface area contributed by atoms with E-state index in [0.717, 1.165) is 12.8 Å². The Morgan fingerprint density at radius 2 is 2.14 bits per heavy atom. The molecule has 0 aliphatic heterocycles. The number of hydrogen-bond donors (Lipinski definition) is 2. The molecule has 0 amide bonds. The van der Waals surface area contributed by atoms with E-state index >= 15 is 0 Å². The van der Waals surface area contributed by atoms with Gasteiger partial charge in [0.15, 0.2) is 11.5 Å². The number of anilines is 1. The number of ether oxygens (including phenoxy) is 2. The van der Waals surface area contributed by atoms with Gasteiger partial charge in [-0.3, -0.25) is 0 Å². The van der Waals surface area contributed by atoms with Gasteiger partial charge in [0.05, 0.1) is 12.8 Å². The van der Waals surface area contributed by atoms with Crippen LogP contribution >= 0.6 is 0 Å². The van der Waals surface area contributed by atoms with Crippen molar-refractivity contribution in [2.24, 2.45) is 0 Å². The van der Waals surface area contributed by atoms with Crippen molar-refractivity contribution in [2.75, 3.05) is 25.6 Å². The minimum absolute atomic E-state index is 0.128. The van der Waals surface area contributed by atoms with Crippen molar-refractivity contribution in [1.82, 2.24) is 9.97 Å². The third kappa shape index (κ3) is 4.56. The van der Waals surface area contributed by atoms with Crippen molar-refractivity contribution in [1.29, 1.82) is 0 Å². The summed E-state index contributed by atoms with van der Waals surface area (Å²) >= 11 is 0. The maximum Gasteiger partial charge on any atom is 0.356 e. The molecule has 1 fully saturated rings. The van der Waals surface area contributed by atoms with Crippen molar-refractivity contribution in [3.63, 3.8) is 0 Å². The Kier molecular flexibility index (Phi) is 5.74. The molecule has 0 spiro atoms. The minimum atomic E-state index is -1.12. The average molecular weight is 295 g/mol. The highest BCUT2D eigenvalue weighted by molar-refractivity contribution is 5.85. The van der Waals surface area contributed by atoms with Crippen LogP contribution in [0, 0.1) is 0 Å². The first kappa shape index (κ1) is 15.5. The van der Waals surface area contributed by atoms with Gasteiger partial charge in [-0.1, -0.05) is 19.3 Å². The van der Waals surface area contributed by atoms with Crippen molar-refractivity contribution >= 4 is 11.8 Å². The lowest BCUT2D eigenvalue weighted by Crippen LogP contribution is -2.24. The largest absolute Gasteiger partial charge is 0.476 e. The summed E-state index contributed by atoms with van der Waals surface area (Å²) in [5, 5.41) is 12.3. The maximum absolute atomic E-state index is 11.0. The second kappa shape index (κ2) is 7.78. The molecule has 0 bridgehead atoms. The first-order chi connectivity index (χ1) is 10.2. The predicted octanol–water partition coefficient (Wildman–Crippen LogP) is 1.94. The Bertz CT molecular complexity index is 475. The molecule has 2 N–H and O–H groups in total. The SMILES string of the molecule is COCCOc1nc(C(=O)O)cnc1NC1CCCCC1. The summed E-state index contributed by atoms with van der Waals surface area (Å²) in [6, 6.07) is 0.341. The number of carboxylic acids is 1. The molecule has 0 atom stereocenters. The number of nitrogens with one attached hydrogen (secondary N) is 1. The van der Waals surface area contributed by atoms with E-state index in [1.165, 1.54) is 25.5 Å². The van der Waals surface area contributed by atoms with Gasteiger partial charge in [0.25, 0.3) is 5.88 Å². The average Bonchev–Trinajstić information content (AvgIpc) is 2.50. The quantitative estimate of drug-likeness (QED) is 0.742. The molecule has 0 unspecified atom stereocenters. The van der Waals surface area contributed by atoms with Gasteiger partial charge in [0, 0.05) is 13.2 Å². The Hall–Kier alpha value is -1.89. The molecule has 21 heavy (non-hydrogen) atoms.